The maximum atomic E-state index is 10.7. The summed E-state index contributed by atoms with van der Waals surface area (Å²) in [6, 6.07) is 3.06. The van der Waals surface area contributed by atoms with Gasteiger partial charge in [-0.2, -0.15) is 0 Å². The van der Waals surface area contributed by atoms with Gasteiger partial charge >= 0.3 is 5.69 Å². The van der Waals surface area contributed by atoms with Crippen LogP contribution in [0.5, 0.6) is 0 Å². The standard InChI is InChI=1S/C8H6N4O2/c9-5-1-2-6-7(8(5)12(13)14)11-4-3-10-6/h1-4H,9H2. The first kappa shape index (κ1) is 8.36. The summed E-state index contributed by atoms with van der Waals surface area (Å²) in [6.45, 7) is 0. The number of nitro benzene ring substituents is 1. The lowest BCUT2D eigenvalue weighted by Crippen LogP contribution is -1.98. The fraction of sp³-hybridized carbons (Fsp3) is 0. The van der Waals surface area contributed by atoms with Crippen molar-refractivity contribution in [2.45, 2.75) is 0 Å². The summed E-state index contributed by atoms with van der Waals surface area (Å²) in [6.07, 6.45) is 2.87. The number of nitro groups is 1. The van der Waals surface area contributed by atoms with Gasteiger partial charge in [-0.05, 0) is 12.1 Å². The molecule has 2 aromatic rings. The van der Waals surface area contributed by atoms with Crippen molar-refractivity contribution in [3.63, 3.8) is 0 Å². The Bertz CT molecular complexity index is 512. The van der Waals surface area contributed by atoms with Crippen LogP contribution in [0.1, 0.15) is 0 Å². The molecule has 0 amide bonds. The van der Waals surface area contributed by atoms with Crippen molar-refractivity contribution in [2.75, 3.05) is 5.73 Å². The third-order valence-electron chi connectivity index (χ3n) is 1.83. The van der Waals surface area contributed by atoms with Crippen LogP contribution in [0, 0.1) is 10.1 Å². The van der Waals surface area contributed by atoms with Crippen LogP contribution in [0.25, 0.3) is 11.0 Å². The quantitative estimate of drug-likeness (QED) is 0.413. The van der Waals surface area contributed by atoms with E-state index >= 15 is 0 Å². The summed E-state index contributed by atoms with van der Waals surface area (Å²) in [5.74, 6) is 0. The summed E-state index contributed by atoms with van der Waals surface area (Å²) in [5.41, 5.74) is 6.08. The average molecular weight is 190 g/mol. The van der Waals surface area contributed by atoms with Gasteiger partial charge in [-0.1, -0.05) is 0 Å². The summed E-state index contributed by atoms with van der Waals surface area (Å²) in [4.78, 5) is 18.0. The molecular weight excluding hydrogens is 184 g/mol. The van der Waals surface area contributed by atoms with E-state index in [0.29, 0.717) is 5.52 Å². The molecule has 6 heteroatoms. The average Bonchev–Trinajstić information content (AvgIpc) is 2.17. The zero-order chi connectivity index (χ0) is 10.1. The van der Waals surface area contributed by atoms with Crippen LogP contribution < -0.4 is 5.73 Å². The Kier molecular flexibility index (Phi) is 1.74. The van der Waals surface area contributed by atoms with Crippen molar-refractivity contribution in [1.29, 1.82) is 0 Å². The van der Waals surface area contributed by atoms with Gasteiger partial charge in [-0.3, -0.25) is 15.1 Å². The van der Waals surface area contributed by atoms with Crippen molar-refractivity contribution < 1.29 is 4.92 Å². The second-order valence-electron chi connectivity index (χ2n) is 2.68. The lowest BCUT2D eigenvalue weighted by molar-refractivity contribution is -0.382. The van der Waals surface area contributed by atoms with Crippen LogP contribution in [0.4, 0.5) is 11.4 Å². The predicted molar refractivity (Wildman–Crippen MR) is 50.6 cm³/mol. The van der Waals surface area contributed by atoms with Crippen molar-refractivity contribution in [3.05, 3.63) is 34.6 Å². The third-order valence-corrected chi connectivity index (χ3v) is 1.83. The molecule has 0 aliphatic carbocycles. The third kappa shape index (κ3) is 1.13. The van der Waals surface area contributed by atoms with E-state index in [1.807, 2.05) is 0 Å². The van der Waals surface area contributed by atoms with E-state index in [-0.39, 0.29) is 16.9 Å². The van der Waals surface area contributed by atoms with Gasteiger partial charge in [0.15, 0.2) is 5.52 Å². The van der Waals surface area contributed by atoms with Crippen LogP contribution in [-0.4, -0.2) is 14.9 Å². The lowest BCUT2D eigenvalue weighted by Gasteiger charge is -1.99. The minimum atomic E-state index is -0.549. The molecule has 1 aromatic carbocycles. The van der Waals surface area contributed by atoms with Crippen molar-refractivity contribution in [2.24, 2.45) is 0 Å². The Labute approximate surface area is 78.5 Å². The lowest BCUT2D eigenvalue weighted by atomic mass is 10.2. The Balaban J connectivity index is 2.90. The van der Waals surface area contributed by atoms with Gasteiger partial charge in [-0.15, -0.1) is 0 Å². The highest BCUT2D eigenvalue weighted by Crippen LogP contribution is 2.28. The monoisotopic (exact) mass is 190 g/mol. The maximum absolute atomic E-state index is 10.7. The van der Waals surface area contributed by atoms with Gasteiger partial charge in [0, 0.05) is 12.4 Å². The molecule has 0 saturated heterocycles. The number of hydrogen-bond acceptors (Lipinski definition) is 5. The van der Waals surface area contributed by atoms with Gasteiger partial charge in [-0.25, -0.2) is 4.98 Å². The Morgan fingerprint density at radius 2 is 2.00 bits per heavy atom. The first-order chi connectivity index (χ1) is 6.70. The molecule has 0 aliphatic rings. The van der Waals surface area contributed by atoms with Crippen LogP contribution >= 0.6 is 0 Å². The number of benzene rings is 1. The fourth-order valence-electron chi connectivity index (χ4n) is 1.23. The number of aromatic nitrogens is 2. The maximum Gasteiger partial charge on any atom is 0.319 e. The minimum Gasteiger partial charge on any atom is -0.393 e. The molecule has 1 heterocycles. The highest BCUT2D eigenvalue weighted by molar-refractivity contribution is 5.90. The normalized spacial score (nSPS) is 10.3. The summed E-state index contributed by atoms with van der Waals surface area (Å²) in [5, 5.41) is 10.7. The van der Waals surface area contributed by atoms with E-state index in [4.69, 9.17) is 5.73 Å². The highest BCUT2D eigenvalue weighted by atomic mass is 16.6. The number of hydrogen-bond donors (Lipinski definition) is 1. The first-order valence-corrected chi connectivity index (χ1v) is 3.84. The van der Waals surface area contributed by atoms with Crippen molar-refractivity contribution in [3.8, 4) is 0 Å². The molecule has 14 heavy (non-hydrogen) atoms. The molecule has 2 rings (SSSR count). The molecule has 70 valence electrons. The molecule has 0 bridgehead atoms. The Hall–Kier alpha value is -2.24. The van der Waals surface area contributed by atoms with Crippen LogP contribution in [-0.2, 0) is 0 Å². The topological polar surface area (TPSA) is 94.9 Å². The molecule has 0 spiro atoms. The van der Waals surface area contributed by atoms with Crippen molar-refractivity contribution in [1.82, 2.24) is 9.97 Å². The van der Waals surface area contributed by atoms with Gasteiger partial charge in [0.05, 0.1) is 10.4 Å². The van der Waals surface area contributed by atoms with Gasteiger partial charge in [0.1, 0.15) is 5.69 Å². The Morgan fingerprint density at radius 1 is 1.29 bits per heavy atom. The van der Waals surface area contributed by atoms with Gasteiger partial charge in [0.25, 0.3) is 0 Å². The summed E-state index contributed by atoms with van der Waals surface area (Å²) in [7, 11) is 0. The van der Waals surface area contributed by atoms with E-state index in [0.717, 1.165) is 0 Å². The zero-order valence-corrected chi connectivity index (χ0v) is 7.04. The molecule has 0 atom stereocenters. The largest absolute Gasteiger partial charge is 0.393 e. The molecule has 2 N–H and O–H groups in total. The van der Waals surface area contributed by atoms with E-state index in [2.05, 4.69) is 9.97 Å². The van der Waals surface area contributed by atoms with E-state index in [9.17, 15) is 10.1 Å². The molecule has 0 radical (unpaired) electrons. The van der Waals surface area contributed by atoms with Crippen molar-refractivity contribution >= 4 is 22.4 Å². The molecule has 0 unspecified atom stereocenters. The molecular formula is C8H6N4O2. The molecule has 0 saturated carbocycles. The molecule has 0 fully saturated rings. The molecule has 0 aliphatic heterocycles. The number of rotatable bonds is 1. The predicted octanol–water partition coefficient (Wildman–Crippen LogP) is 1.12. The number of nitrogens with zero attached hydrogens (tertiary/aromatic N) is 3. The van der Waals surface area contributed by atoms with E-state index in [1.165, 1.54) is 18.5 Å². The smallest absolute Gasteiger partial charge is 0.319 e. The fourth-order valence-corrected chi connectivity index (χ4v) is 1.23. The molecule has 6 nitrogen and oxygen atoms in total. The van der Waals surface area contributed by atoms with E-state index < -0.39 is 4.92 Å². The van der Waals surface area contributed by atoms with E-state index in [1.54, 1.807) is 6.07 Å². The van der Waals surface area contributed by atoms with Crippen LogP contribution in [0.3, 0.4) is 0 Å². The highest BCUT2D eigenvalue weighted by Gasteiger charge is 2.17. The SMILES string of the molecule is Nc1ccc2nccnc2c1[N+](=O)[O-]. The second kappa shape index (κ2) is 2.91. The summed E-state index contributed by atoms with van der Waals surface area (Å²) >= 11 is 0. The van der Waals surface area contributed by atoms with Gasteiger partial charge in [0.2, 0.25) is 0 Å². The van der Waals surface area contributed by atoms with Gasteiger partial charge < -0.3 is 5.73 Å². The second-order valence-corrected chi connectivity index (χ2v) is 2.68. The van der Waals surface area contributed by atoms with Crippen LogP contribution in [0.15, 0.2) is 24.5 Å². The minimum absolute atomic E-state index is 0.100. The first-order valence-electron chi connectivity index (χ1n) is 3.84. The van der Waals surface area contributed by atoms with Crippen LogP contribution in [0.2, 0.25) is 0 Å². The number of nitrogen functional groups attached to an aromatic ring is 1. The summed E-state index contributed by atoms with van der Waals surface area (Å²) < 4.78 is 0. The number of fused-ring (bicyclic) bond motifs is 1. The Morgan fingerprint density at radius 3 is 2.71 bits per heavy atom. The molecule has 1 aromatic heterocycles. The zero-order valence-electron chi connectivity index (χ0n) is 7.04. The number of nitrogens with two attached hydrogens (primary N) is 1. The number of anilines is 1.